The van der Waals surface area contributed by atoms with Gasteiger partial charge < -0.3 is 9.30 Å². The molecule has 0 spiro atoms. The van der Waals surface area contributed by atoms with Crippen molar-refractivity contribution in [2.75, 3.05) is 7.11 Å². The highest BCUT2D eigenvalue weighted by atomic mass is 35.5. The summed E-state index contributed by atoms with van der Waals surface area (Å²) in [5.74, 6) is 3.15. The van der Waals surface area contributed by atoms with Gasteiger partial charge in [-0.1, -0.05) is 26.2 Å². The first kappa shape index (κ1) is 14.6. The van der Waals surface area contributed by atoms with Crippen molar-refractivity contribution < 1.29 is 4.74 Å². The second kappa shape index (κ2) is 6.18. The molecule has 1 fully saturated rings. The molecule has 2 unspecified atom stereocenters. The molecule has 0 saturated heterocycles. The van der Waals surface area contributed by atoms with Crippen LogP contribution in [0.2, 0.25) is 0 Å². The van der Waals surface area contributed by atoms with E-state index in [9.17, 15) is 0 Å². The van der Waals surface area contributed by atoms with E-state index < -0.39 is 0 Å². The van der Waals surface area contributed by atoms with Gasteiger partial charge in [-0.15, -0.1) is 11.6 Å². The standard InChI is InChI=1S/C15H21ClN4O/c1-10-5-3-4-6-11(10)8-20-12(7-16)19-13-14(20)17-9-18-15(13)21-2/h9-11H,3-8H2,1-2H3. The van der Waals surface area contributed by atoms with Crippen molar-refractivity contribution >= 4 is 22.8 Å². The molecule has 2 heterocycles. The summed E-state index contributed by atoms with van der Waals surface area (Å²) in [6.45, 7) is 3.28. The highest BCUT2D eigenvalue weighted by Gasteiger charge is 2.24. The van der Waals surface area contributed by atoms with E-state index >= 15 is 0 Å². The van der Waals surface area contributed by atoms with E-state index in [0.717, 1.165) is 23.9 Å². The van der Waals surface area contributed by atoms with Gasteiger partial charge in [-0.05, 0) is 18.3 Å². The first-order valence-corrected chi connectivity index (χ1v) is 8.08. The minimum absolute atomic E-state index is 0.376. The molecule has 0 bridgehead atoms. The molecule has 0 radical (unpaired) electrons. The van der Waals surface area contributed by atoms with Crippen LogP contribution in [0.4, 0.5) is 0 Å². The van der Waals surface area contributed by atoms with E-state index in [1.165, 1.54) is 32.0 Å². The number of imidazole rings is 1. The lowest BCUT2D eigenvalue weighted by Crippen LogP contribution is -2.23. The Labute approximate surface area is 129 Å². The second-order valence-corrected chi connectivity index (χ2v) is 6.12. The summed E-state index contributed by atoms with van der Waals surface area (Å²) in [5.41, 5.74) is 1.54. The Morgan fingerprint density at radius 3 is 2.86 bits per heavy atom. The molecule has 2 aromatic heterocycles. The maximum absolute atomic E-state index is 6.08. The Kier molecular flexibility index (Phi) is 4.29. The lowest BCUT2D eigenvalue weighted by molar-refractivity contribution is 0.229. The lowest BCUT2D eigenvalue weighted by atomic mass is 9.80. The van der Waals surface area contributed by atoms with E-state index in [-0.39, 0.29) is 0 Å². The van der Waals surface area contributed by atoms with Crippen LogP contribution in [0.5, 0.6) is 5.88 Å². The van der Waals surface area contributed by atoms with E-state index in [1.54, 1.807) is 7.11 Å². The van der Waals surface area contributed by atoms with Crippen molar-refractivity contribution in [3.63, 3.8) is 0 Å². The third-order valence-corrected chi connectivity index (χ3v) is 4.84. The molecule has 3 rings (SSSR count). The number of ether oxygens (including phenoxy) is 1. The van der Waals surface area contributed by atoms with Crippen molar-refractivity contribution in [3.05, 3.63) is 12.2 Å². The van der Waals surface area contributed by atoms with E-state index in [4.69, 9.17) is 16.3 Å². The average Bonchev–Trinajstić information content (AvgIpc) is 2.87. The summed E-state index contributed by atoms with van der Waals surface area (Å²) >= 11 is 6.08. The molecule has 1 saturated carbocycles. The topological polar surface area (TPSA) is 52.8 Å². The van der Waals surface area contributed by atoms with Crippen molar-refractivity contribution in [1.29, 1.82) is 0 Å². The molecule has 114 valence electrons. The van der Waals surface area contributed by atoms with Gasteiger partial charge in [0, 0.05) is 6.54 Å². The van der Waals surface area contributed by atoms with Crippen molar-refractivity contribution in [2.24, 2.45) is 11.8 Å². The number of hydrogen-bond acceptors (Lipinski definition) is 4. The number of halogens is 1. The SMILES string of the molecule is COc1ncnc2c1nc(CCl)n2CC1CCCCC1C. The van der Waals surface area contributed by atoms with Gasteiger partial charge in [-0.2, -0.15) is 4.98 Å². The predicted molar refractivity (Wildman–Crippen MR) is 82.6 cm³/mol. The van der Waals surface area contributed by atoms with Crippen molar-refractivity contribution in [2.45, 2.75) is 45.0 Å². The number of fused-ring (bicyclic) bond motifs is 1. The van der Waals surface area contributed by atoms with Crippen LogP contribution in [-0.4, -0.2) is 26.6 Å². The molecule has 0 amide bonds. The predicted octanol–water partition coefficient (Wildman–Crippen LogP) is 3.40. The normalized spacial score (nSPS) is 22.6. The van der Waals surface area contributed by atoms with Gasteiger partial charge in [-0.3, -0.25) is 0 Å². The molecule has 0 N–H and O–H groups in total. The molecule has 0 aromatic carbocycles. The molecule has 5 nitrogen and oxygen atoms in total. The van der Waals surface area contributed by atoms with Crippen LogP contribution in [0, 0.1) is 11.8 Å². The highest BCUT2D eigenvalue weighted by Crippen LogP contribution is 2.32. The fourth-order valence-corrected chi connectivity index (χ4v) is 3.51. The molecule has 2 atom stereocenters. The van der Waals surface area contributed by atoms with Gasteiger partial charge in [0.05, 0.1) is 13.0 Å². The van der Waals surface area contributed by atoms with Crippen molar-refractivity contribution in [1.82, 2.24) is 19.5 Å². The summed E-state index contributed by atoms with van der Waals surface area (Å²) in [4.78, 5) is 13.1. The average molecular weight is 309 g/mol. The zero-order chi connectivity index (χ0) is 14.8. The first-order valence-electron chi connectivity index (χ1n) is 7.54. The Bertz CT molecular complexity index is 627. The van der Waals surface area contributed by atoms with Gasteiger partial charge in [0.15, 0.2) is 11.2 Å². The molecule has 1 aliphatic carbocycles. The van der Waals surface area contributed by atoms with Crippen LogP contribution in [0.3, 0.4) is 0 Å². The second-order valence-electron chi connectivity index (χ2n) is 5.85. The van der Waals surface area contributed by atoms with Crippen LogP contribution < -0.4 is 4.74 Å². The fraction of sp³-hybridized carbons (Fsp3) is 0.667. The van der Waals surface area contributed by atoms with E-state index in [2.05, 4.69) is 26.4 Å². The Morgan fingerprint density at radius 2 is 2.14 bits per heavy atom. The van der Waals surface area contributed by atoms with Gasteiger partial charge in [-0.25, -0.2) is 9.97 Å². The number of aromatic nitrogens is 4. The summed E-state index contributed by atoms with van der Waals surface area (Å²) in [7, 11) is 1.60. The maximum atomic E-state index is 6.08. The Balaban J connectivity index is 2.00. The van der Waals surface area contributed by atoms with E-state index in [0.29, 0.717) is 23.2 Å². The number of alkyl halides is 1. The third-order valence-electron chi connectivity index (χ3n) is 4.60. The van der Waals surface area contributed by atoms with Crippen LogP contribution in [0.1, 0.15) is 38.4 Å². The van der Waals surface area contributed by atoms with E-state index in [1.807, 2.05) is 0 Å². The van der Waals surface area contributed by atoms with Gasteiger partial charge in [0.25, 0.3) is 0 Å². The fourth-order valence-electron chi connectivity index (χ4n) is 3.30. The molecule has 2 aromatic rings. The molecular formula is C15H21ClN4O. The lowest BCUT2D eigenvalue weighted by Gasteiger charge is -2.29. The third kappa shape index (κ3) is 2.71. The summed E-state index contributed by atoms with van der Waals surface area (Å²) in [6.07, 6.45) is 6.77. The van der Waals surface area contributed by atoms with Crippen LogP contribution in [0.25, 0.3) is 11.2 Å². The Hall–Kier alpha value is -1.36. The van der Waals surface area contributed by atoms with Crippen LogP contribution in [-0.2, 0) is 12.4 Å². The van der Waals surface area contributed by atoms with Crippen LogP contribution >= 0.6 is 11.6 Å². The molecule has 0 aliphatic heterocycles. The number of nitrogens with zero attached hydrogens (tertiary/aromatic N) is 4. The zero-order valence-electron chi connectivity index (χ0n) is 12.5. The largest absolute Gasteiger partial charge is 0.479 e. The number of hydrogen-bond donors (Lipinski definition) is 0. The van der Waals surface area contributed by atoms with Crippen molar-refractivity contribution in [3.8, 4) is 5.88 Å². The van der Waals surface area contributed by atoms with Gasteiger partial charge in [0.1, 0.15) is 12.2 Å². The quantitative estimate of drug-likeness (QED) is 0.812. The summed E-state index contributed by atoms with van der Waals surface area (Å²) in [6, 6.07) is 0. The maximum Gasteiger partial charge on any atom is 0.245 e. The molecule has 1 aliphatic rings. The first-order chi connectivity index (χ1) is 10.2. The van der Waals surface area contributed by atoms with Gasteiger partial charge >= 0.3 is 0 Å². The number of rotatable bonds is 4. The zero-order valence-corrected chi connectivity index (χ0v) is 13.3. The Morgan fingerprint density at radius 1 is 1.33 bits per heavy atom. The van der Waals surface area contributed by atoms with Crippen LogP contribution in [0.15, 0.2) is 6.33 Å². The summed E-state index contributed by atoms with van der Waals surface area (Å²) < 4.78 is 7.43. The minimum atomic E-state index is 0.376. The minimum Gasteiger partial charge on any atom is -0.479 e. The summed E-state index contributed by atoms with van der Waals surface area (Å²) in [5, 5.41) is 0. The van der Waals surface area contributed by atoms with Gasteiger partial charge in [0.2, 0.25) is 5.88 Å². The number of methoxy groups -OCH3 is 1. The smallest absolute Gasteiger partial charge is 0.245 e. The molecule has 6 heteroatoms. The molecular weight excluding hydrogens is 288 g/mol. The molecule has 21 heavy (non-hydrogen) atoms. The monoisotopic (exact) mass is 308 g/mol. The highest BCUT2D eigenvalue weighted by molar-refractivity contribution is 6.16.